The normalized spacial score (nSPS) is 19.0. The van der Waals surface area contributed by atoms with Crippen molar-refractivity contribution in [2.24, 2.45) is 0 Å². The number of sulfonamides is 1. The van der Waals surface area contributed by atoms with Crippen molar-refractivity contribution in [1.29, 1.82) is 0 Å². The molecule has 27 heavy (non-hydrogen) atoms. The van der Waals surface area contributed by atoms with Crippen LogP contribution in [0.1, 0.15) is 44.6 Å². The molecule has 0 radical (unpaired) electrons. The van der Waals surface area contributed by atoms with E-state index in [2.05, 4.69) is 0 Å². The van der Waals surface area contributed by atoms with Crippen molar-refractivity contribution in [3.8, 4) is 5.75 Å². The van der Waals surface area contributed by atoms with E-state index < -0.39 is 10.0 Å². The van der Waals surface area contributed by atoms with E-state index in [-0.39, 0.29) is 22.7 Å². The second kappa shape index (κ2) is 8.40. The molecule has 1 unspecified atom stereocenters. The van der Waals surface area contributed by atoms with Gasteiger partial charge >= 0.3 is 0 Å². The first-order chi connectivity index (χ1) is 12.9. The van der Waals surface area contributed by atoms with Gasteiger partial charge in [-0.1, -0.05) is 18.6 Å². The van der Waals surface area contributed by atoms with Crippen molar-refractivity contribution in [2.75, 3.05) is 13.1 Å². The van der Waals surface area contributed by atoms with Crippen LogP contribution in [0.25, 0.3) is 0 Å². The van der Waals surface area contributed by atoms with E-state index >= 15 is 0 Å². The van der Waals surface area contributed by atoms with Crippen LogP contribution in [0.2, 0.25) is 0 Å². The molecule has 1 atom stereocenters. The third-order valence-corrected chi connectivity index (χ3v) is 6.69. The standard InChI is InChI=1S/C21H26FNO3S/c1-16(2)26-20-10-12-21(13-11-20)27(24,25)23-14-4-3-5-18(15-23)17-6-8-19(22)9-7-17/h6-13,16,18H,3-5,14-15H2,1-2H3. The van der Waals surface area contributed by atoms with E-state index in [9.17, 15) is 12.8 Å². The third-order valence-electron chi connectivity index (χ3n) is 4.81. The molecule has 2 aromatic rings. The van der Waals surface area contributed by atoms with E-state index in [0.717, 1.165) is 24.8 Å². The highest BCUT2D eigenvalue weighted by atomic mass is 32.2. The first-order valence-electron chi connectivity index (χ1n) is 9.38. The number of rotatable bonds is 5. The third kappa shape index (κ3) is 4.87. The van der Waals surface area contributed by atoms with Crippen molar-refractivity contribution in [2.45, 2.75) is 50.0 Å². The minimum Gasteiger partial charge on any atom is -0.491 e. The predicted octanol–water partition coefficient (Wildman–Crippen LogP) is 4.57. The number of halogens is 1. The van der Waals surface area contributed by atoms with Gasteiger partial charge in [-0.15, -0.1) is 0 Å². The topological polar surface area (TPSA) is 46.6 Å². The summed E-state index contributed by atoms with van der Waals surface area (Å²) >= 11 is 0. The van der Waals surface area contributed by atoms with Crippen LogP contribution in [0.4, 0.5) is 4.39 Å². The quantitative estimate of drug-likeness (QED) is 0.750. The summed E-state index contributed by atoms with van der Waals surface area (Å²) in [7, 11) is -3.58. The molecule has 2 aromatic carbocycles. The summed E-state index contributed by atoms with van der Waals surface area (Å²) in [5, 5.41) is 0. The summed E-state index contributed by atoms with van der Waals surface area (Å²) in [6, 6.07) is 13.0. The van der Waals surface area contributed by atoms with Gasteiger partial charge in [0.05, 0.1) is 11.0 Å². The molecule has 0 N–H and O–H groups in total. The Morgan fingerprint density at radius 2 is 1.70 bits per heavy atom. The summed E-state index contributed by atoms with van der Waals surface area (Å²) in [5.41, 5.74) is 0.985. The van der Waals surface area contributed by atoms with Crippen LogP contribution >= 0.6 is 0 Å². The molecule has 4 nitrogen and oxygen atoms in total. The maximum atomic E-state index is 13.2. The summed E-state index contributed by atoms with van der Waals surface area (Å²) < 4.78 is 46.6. The average Bonchev–Trinajstić information content (AvgIpc) is 2.89. The molecule has 0 aromatic heterocycles. The highest BCUT2D eigenvalue weighted by Crippen LogP contribution is 2.30. The molecule has 1 fully saturated rings. The Morgan fingerprint density at radius 1 is 1.04 bits per heavy atom. The Morgan fingerprint density at radius 3 is 2.33 bits per heavy atom. The molecule has 0 aliphatic carbocycles. The van der Waals surface area contributed by atoms with Crippen LogP contribution < -0.4 is 4.74 Å². The zero-order valence-corrected chi connectivity index (χ0v) is 16.6. The monoisotopic (exact) mass is 391 g/mol. The minimum atomic E-state index is -3.58. The maximum absolute atomic E-state index is 13.2. The van der Waals surface area contributed by atoms with Crippen molar-refractivity contribution in [3.63, 3.8) is 0 Å². The van der Waals surface area contributed by atoms with Crippen molar-refractivity contribution in [3.05, 3.63) is 59.9 Å². The average molecular weight is 392 g/mol. The van der Waals surface area contributed by atoms with E-state index in [1.54, 1.807) is 40.7 Å². The molecular formula is C21H26FNO3S. The number of hydrogen-bond donors (Lipinski definition) is 0. The molecule has 1 aliphatic rings. The fraction of sp³-hybridized carbons (Fsp3) is 0.429. The molecule has 1 aliphatic heterocycles. The highest BCUT2D eigenvalue weighted by molar-refractivity contribution is 7.89. The lowest BCUT2D eigenvalue weighted by Gasteiger charge is -2.24. The van der Waals surface area contributed by atoms with Gasteiger partial charge in [-0.05, 0) is 74.6 Å². The summed E-state index contributed by atoms with van der Waals surface area (Å²) in [6.07, 6.45) is 2.72. The van der Waals surface area contributed by atoms with Gasteiger partial charge in [0.15, 0.2) is 0 Å². The van der Waals surface area contributed by atoms with Crippen molar-refractivity contribution >= 4 is 10.0 Å². The molecule has 0 amide bonds. The molecular weight excluding hydrogens is 365 g/mol. The first kappa shape index (κ1) is 19.8. The maximum Gasteiger partial charge on any atom is 0.243 e. The Balaban J connectivity index is 1.80. The highest BCUT2D eigenvalue weighted by Gasteiger charge is 2.29. The van der Waals surface area contributed by atoms with Gasteiger partial charge in [0, 0.05) is 13.1 Å². The first-order valence-corrected chi connectivity index (χ1v) is 10.8. The number of benzene rings is 2. The van der Waals surface area contributed by atoms with Gasteiger partial charge in [-0.2, -0.15) is 4.31 Å². The van der Waals surface area contributed by atoms with Crippen LogP contribution in [0.3, 0.4) is 0 Å². The zero-order valence-electron chi connectivity index (χ0n) is 15.8. The van der Waals surface area contributed by atoms with Gasteiger partial charge in [-0.25, -0.2) is 12.8 Å². The van der Waals surface area contributed by atoms with E-state index in [1.807, 2.05) is 13.8 Å². The second-order valence-electron chi connectivity index (χ2n) is 7.25. The van der Waals surface area contributed by atoms with Crippen LogP contribution in [0, 0.1) is 5.82 Å². The van der Waals surface area contributed by atoms with E-state index in [4.69, 9.17) is 4.74 Å². The SMILES string of the molecule is CC(C)Oc1ccc(S(=O)(=O)N2CCCCC(c3ccc(F)cc3)C2)cc1. The van der Waals surface area contributed by atoms with Crippen molar-refractivity contribution < 1.29 is 17.5 Å². The Labute approximate surface area is 161 Å². The van der Waals surface area contributed by atoms with Gasteiger partial charge in [0.2, 0.25) is 10.0 Å². The summed E-state index contributed by atoms with van der Waals surface area (Å²) in [5.74, 6) is 0.455. The van der Waals surface area contributed by atoms with Gasteiger partial charge in [0.1, 0.15) is 11.6 Å². The molecule has 0 saturated carbocycles. The lowest BCUT2D eigenvalue weighted by Crippen LogP contribution is -2.34. The number of nitrogens with zero attached hydrogens (tertiary/aromatic N) is 1. The lowest BCUT2D eigenvalue weighted by atomic mass is 9.95. The minimum absolute atomic E-state index is 0.0366. The van der Waals surface area contributed by atoms with Gasteiger partial charge < -0.3 is 4.74 Å². The molecule has 0 bridgehead atoms. The van der Waals surface area contributed by atoms with E-state index in [0.29, 0.717) is 18.8 Å². The largest absolute Gasteiger partial charge is 0.491 e. The van der Waals surface area contributed by atoms with Crippen LogP contribution in [0.5, 0.6) is 5.75 Å². The molecule has 3 rings (SSSR count). The van der Waals surface area contributed by atoms with Crippen molar-refractivity contribution in [1.82, 2.24) is 4.31 Å². The fourth-order valence-corrected chi connectivity index (χ4v) is 4.97. The molecule has 6 heteroatoms. The van der Waals surface area contributed by atoms with E-state index in [1.165, 1.54) is 12.1 Å². The zero-order chi connectivity index (χ0) is 19.4. The smallest absolute Gasteiger partial charge is 0.243 e. The molecule has 1 saturated heterocycles. The number of hydrogen-bond acceptors (Lipinski definition) is 3. The Bertz CT molecular complexity index is 848. The predicted molar refractivity (Wildman–Crippen MR) is 104 cm³/mol. The summed E-state index contributed by atoms with van der Waals surface area (Å²) in [6.45, 7) is 4.78. The Kier molecular flexibility index (Phi) is 6.17. The summed E-state index contributed by atoms with van der Waals surface area (Å²) in [4.78, 5) is 0.276. The van der Waals surface area contributed by atoms with Gasteiger partial charge in [0.25, 0.3) is 0 Å². The van der Waals surface area contributed by atoms with Crippen LogP contribution in [-0.2, 0) is 10.0 Å². The fourth-order valence-electron chi connectivity index (χ4n) is 3.44. The lowest BCUT2D eigenvalue weighted by molar-refractivity contribution is 0.242. The van der Waals surface area contributed by atoms with Crippen LogP contribution in [0.15, 0.2) is 53.4 Å². The van der Waals surface area contributed by atoms with Crippen LogP contribution in [-0.4, -0.2) is 31.9 Å². The molecule has 0 spiro atoms. The second-order valence-corrected chi connectivity index (χ2v) is 9.18. The number of ether oxygens (including phenoxy) is 1. The molecule has 1 heterocycles. The Hall–Kier alpha value is -1.92. The van der Waals surface area contributed by atoms with Gasteiger partial charge in [-0.3, -0.25) is 0 Å². The molecule has 146 valence electrons.